The van der Waals surface area contributed by atoms with E-state index in [-0.39, 0.29) is 11.9 Å². The van der Waals surface area contributed by atoms with Gasteiger partial charge in [-0.2, -0.15) is 0 Å². The van der Waals surface area contributed by atoms with Crippen LogP contribution in [0.2, 0.25) is 0 Å². The molecule has 20 heavy (non-hydrogen) atoms. The average molecular weight is 271 g/mol. The molecule has 0 aliphatic rings. The molecule has 0 aliphatic heterocycles. The van der Waals surface area contributed by atoms with E-state index < -0.39 is 0 Å². The highest BCUT2D eigenvalue weighted by Gasteiger charge is 2.16. The molecule has 2 heteroatoms. The van der Waals surface area contributed by atoms with Crippen LogP contribution in [0.3, 0.4) is 0 Å². The van der Waals surface area contributed by atoms with Gasteiger partial charge >= 0.3 is 0 Å². The van der Waals surface area contributed by atoms with Gasteiger partial charge in [0.05, 0.1) is 0 Å². The first-order valence-electron chi connectivity index (χ1n) is 7.31. The van der Waals surface area contributed by atoms with Crippen molar-refractivity contribution in [2.75, 3.05) is 0 Å². The van der Waals surface area contributed by atoms with E-state index in [9.17, 15) is 4.39 Å². The number of rotatable bonds is 6. The molecule has 0 bridgehead atoms. The fraction of sp³-hybridized carbons (Fsp3) is 0.333. The predicted octanol–water partition coefficient (Wildman–Crippen LogP) is 5.02. The van der Waals surface area contributed by atoms with Gasteiger partial charge in [-0.15, -0.1) is 0 Å². The van der Waals surface area contributed by atoms with Crippen molar-refractivity contribution < 1.29 is 4.39 Å². The van der Waals surface area contributed by atoms with Crippen molar-refractivity contribution >= 4 is 0 Å². The summed E-state index contributed by atoms with van der Waals surface area (Å²) in [6.07, 6.45) is 1.95. The topological polar surface area (TPSA) is 12.0 Å². The van der Waals surface area contributed by atoms with Gasteiger partial charge in [-0.3, -0.25) is 0 Å². The Labute approximate surface area is 120 Å². The molecular formula is C18H22FN. The van der Waals surface area contributed by atoms with Crippen LogP contribution in [-0.2, 0) is 0 Å². The summed E-state index contributed by atoms with van der Waals surface area (Å²) in [5.74, 6) is -0.171. The van der Waals surface area contributed by atoms with Gasteiger partial charge in [0.1, 0.15) is 5.82 Å². The minimum absolute atomic E-state index is 0.171. The Kier molecular flexibility index (Phi) is 5.31. The zero-order valence-electron chi connectivity index (χ0n) is 12.1. The third-order valence-electron chi connectivity index (χ3n) is 3.67. The molecule has 2 atom stereocenters. The van der Waals surface area contributed by atoms with Crippen LogP contribution in [0.5, 0.6) is 0 Å². The molecule has 0 saturated heterocycles. The minimum atomic E-state index is -0.171. The maximum atomic E-state index is 13.4. The van der Waals surface area contributed by atoms with Crippen LogP contribution in [0.1, 0.15) is 49.9 Å². The minimum Gasteiger partial charge on any atom is -0.303 e. The molecule has 2 unspecified atom stereocenters. The number of hydrogen-bond donors (Lipinski definition) is 1. The third kappa shape index (κ3) is 3.67. The highest BCUT2D eigenvalue weighted by molar-refractivity contribution is 5.23. The molecule has 1 nitrogen and oxygen atoms in total. The lowest BCUT2D eigenvalue weighted by atomic mass is 9.99. The molecule has 0 radical (unpaired) electrons. The van der Waals surface area contributed by atoms with E-state index in [4.69, 9.17) is 0 Å². The SMILES string of the molecule is CCC(NC(CC)c1cccc(F)c1)c1ccccc1. The van der Waals surface area contributed by atoms with Crippen LogP contribution < -0.4 is 5.32 Å². The second kappa shape index (κ2) is 7.20. The quantitative estimate of drug-likeness (QED) is 0.778. The summed E-state index contributed by atoms with van der Waals surface area (Å²) >= 11 is 0. The molecule has 2 aromatic carbocycles. The maximum absolute atomic E-state index is 13.4. The maximum Gasteiger partial charge on any atom is 0.123 e. The monoisotopic (exact) mass is 271 g/mol. The average Bonchev–Trinajstić information content (AvgIpc) is 2.49. The normalized spacial score (nSPS) is 13.9. The van der Waals surface area contributed by atoms with Crippen molar-refractivity contribution in [2.24, 2.45) is 0 Å². The molecule has 106 valence electrons. The lowest BCUT2D eigenvalue weighted by molar-refractivity contribution is 0.424. The number of hydrogen-bond acceptors (Lipinski definition) is 1. The second-order valence-electron chi connectivity index (χ2n) is 5.05. The molecule has 0 heterocycles. The number of nitrogens with one attached hydrogen (secondary N) is 1. The highest BCUT2D eigenvalue weighted by atomic mass is 19.1. The van der Waals surface area contributed by atoms with Crippen LogP contribution in [0.4, 0.5) is 4.39 Å². The molecule has 0 saturated carbocycles. The van der Waals surface area contributed by atoms with Crippen molar-refractivity contribution in [1.82, 2.24) is 5.32 Å². The van der Waals surface area contributed by atoms with Gasteiger partial charge in [-0.05, 0) is 36.1 Å². The van der Waals surface area contributed by atoms with Crippen LogP contribution in [0.25, 0.3) is 0 Å². The van der Waals surface area contributed by atoms with Gasteiger partial charge in [-0.1, -0.05) is 56.3 Å². The third-order valence-corrected chi connectivity index (χ3v) is 3.67. The standard InChI is InChI=1S/C18H22FN/c1-3-17(14-9-6-5-7-10-14)20-18(4-2)15-11-8-12-16(19)13-15/h5-13,17-18,20H,3-4H2,1-2H3. The number of benzene rings is 2. The summed E-state index contributed by atoms with van der Waals surface area (Å²) in [5, 5.41) is 3.65. The van der Waals surface area contributed by atoms with Crippen molar-refractivity contribution in [3.05, 3.63) is 71.5 Å². The van der Waals surface area contributed by atoms with E-state index in [0.717, 1.165) is 18.4 Å². The van der Waals surface area contributed by atoms with Crippen molar-refractivity contribution in [2.45, 2.75) is 38.8 Å². The van der Waals surface area contributed by atoms with Crippen LogP contribution in [0.15, 0.2) is 54.6 Å². The summed E-state index contributed by atoms with van der Waals surface area (Å²) < 4.78 is 13.4. The van der Waals surface area contributed by atoms with Crippen LogP contribution in [-0.4, -0.2) is 0 Å². The predicted molar refractivity (Wildman–Crippen MR) is 82.0 cm³/mol. The Hall–Kier alpha value is -1.67. The summed E-state index contributed by atoms with van der Waals surface area (Å²) in [5.41, 5.74) is 2.30. The molecule has 1 N–H and O–H groups in total. The lowest BCUT2D eigenvalue weighted by Crippen LogP contribution is -2.25. The Morgan fingerprint density at radius 2 is 1.45 bits per heavy atom. The van der Waals surface area contributed by atoms with Gasteiger partial charge in [0.2, 0.25) is 0 Å². The van der Waals surface area contributed by atoms with Gasteiger partial charge < -0.3 is 5.32 Å². The smallest absolute Gasteiger partial charge is 0.123 e. The summed E-state index contributed by atoms with van der Waals surface area (Å²) in [6.45, 7) is 4.29. The van der Waals surface area contributed by atoms with E-state index in [2.05, 4.69) is 43.4 Å². The van der Waals surface area contributed by atoms with Crippen molar-refractivity contribution in [3.8, 4) is 0 Å². The Bertz CT molecular complexity index is 524. The fourth-order valence-electron chi connectivity index (χ4n) is 2.55. The van der Waals surface area contributed by atoms with Crippen LogP contribution in [0, 0.1) is 5.82 Å². The van der Waals surface area contributed by atoms with Gasteiger partial charge in [-0.25, -0.2) is 4.39 Å². The van der Waals surface area contributed by atoms with Gasteiger partial charge in [0.25, 0.3) is 0 Å². The van der Waals surface area contributed by atoms with E-state index in [1.165, 1.54) is 11.6 Å². The molecule has 2 aromatic rings. The van der Waals surface area contributed by atoms with E-state index in [0.29, 0.717) is 6.04 Å². The van der Waals surface area contributed by atoms with Gasteiger partial charge in [0.15, 0.2) is 0 Å². The molecule has 2 rings (SSSR count). The highest BCUT2D eigenvalue weighted by Crippen LogP contribution is 2.24. The zero-order chi connectivity index (χ0) is 14.4. The first-order chi connectivity index (χ1) is 9.74. The molecule has 0 fully saturated rings. The first-order valence-corrected chi connectivity index (χ1v) is 7.31. The van der Waals surface area contributed by atoms with E-state index >= 15 is 0 Å². The molecular weight excluding hydrogens is 249 g/mol. The fourth-order valence-corrected chi connectivity index (χ4v) is 2.55. The Balaban J connectivity index is 2.16. The largest absolute Gasteiger partial charge is 0.303 e. The molecule has 0 amide bonds. The second-order valence-corrected chi connectivity index (χ2v) is 5.05. The first kappa shape index (κ1) is 14.7. The van der Waals surface area contributed by atoms with Crippen LogP contribution >= 0.6 is 0 Å². The summed E-state index contributed by atoms with van der Waals surface area (Å²) in [4.78, 5) is 0. The molecule has 0 aromatic heterocycles. The van der Waals surface area contributed by atoms with E-state index in [1.54, 1.807) is 12.1 Å². The summed E-state index contributed by atoms with van der Waals surface area (Å²) in [7, 11) is 0. The van der Waals surface area contributed by atoms with E-state index in [1.807, 2.05) is 12.1 Å². The lowest BCUT2D eigenvalue weighted by Gasteiger charge is -2.25. The van der Waals surface area contributed by atoms with Crippen molar-refractivity contribution in [1.29, 1.82) is 0 Å². The van der Waals surface area contributed by atoms with Crippen molar-refractivity contribution in [3.63, 3.8) is 0 Å². The number of halogens is 1. The molecule has 0 aliphatic carbocycles. The Morgan fingerprint density at radius 1 is 0.850 bits per heavy atom. The zero-order valence-corrected chi connectivity index (χ0v) is 12.1. The molecule has 0 spiro atoms. The Morgan fingerprint density at radius 3 is 2.05 bits per heavy atom. The summed E-state index contributed by atoms with van der Waals surface area (Å²) in [6, 6.07) is 17.8. The van der Waals surface area contributed by atoms with Gasteiger partial charge in [0, 0.05) is 12.1 Å².